The van der Waals surface area contributed by atoms with E-state index in [4.69, 9.17) is 4.98 Å². The molecule has 5 heteroatoms. The average molecular weight is 409 g/mol. The second kappa shape index (κ2) is 8.20. The number of H-pyrrole nitrogens is 1. The van der Waals surface area contributed by atoms with Crippen molar-refractivity contribution in [2.45, 2.75) is 19.4 Å². The Morgan fingerprint density at radius 3 is 2.48 bits per heavy atom. The van der Waals surface area contributed by atoms with Gasteiger partial charge in [0.2, 0.25) is 0 Å². The van der Waals surface area contributed by atoms with E-state index < -0.39 is 0 Å². The van der Waals surface area contributed by atoms with Crippen LogP contribution >= 0.6 is 0 Å². The van der Waals surface area contributed by atoms with Crippen molar-refractivity contribution in [2.24, 2.45) is 0 Å². The van der Waals surface area contributed by atoms with E-state index in [0.29, 0.717) is 25.1 Å². The van der Waals surface area contributed by atoms with Gasteiger partial charge >= 0.3 is 0 Å². The molecule has 0 aliphatic heterocycles. The van der Waals surface area contributed by atoms with Gasteiger partial charge in [-0.25, -0.2) is 4.98 Å². The van der Waals surface area contributed by atoms with E-state index in [1.165, 1.54) is 0 Å². The molecule has 0 aliphatic rings. The van der Waals surface area contributed by atoms with E-state index in [1.807, 2.05) is 60.7 Å². The Bertz CT molecular complexity index is 1420. The summed E-state index contributed by atoms with van der Waals surface area (Å²) in [5.41, 5.74) is 5.83. The van der Waals surface area contributed by atoms with E-state index in [0.717, 1.165) is 38.8 Å². The fourth-order valence-electron chi connectivity index (χ4n) is 4.28. The molecule has 0 spiro atoms. The highest BCUT2D eigenvalue weighted by Crippen LogP contribution is 2.34. The third kappa shape index (κ3) is 3.53. The van der Waals surface area contributed by atoms with Crippen LogP contribution in [0.1, 0.15) is 17.7 Å². The molecule has 0 amide bonds. The number of fused-ring (bicyclic) bond motifs is 2. The summed E-state index contributed by atoms with van der Waals surface area (Å²) in [5.74, 6) is 0. The SMILES string of the molecule is O=c1[nH]c2ccccc2nc1-c1c(Cc2ccccc2)n(CCCO)c2ccccc12. The smallest absolute Gasteiger partial charge is 0.275 e. The van der Waals surface area contributed by atoms with Gasteiger partial charge in [-0.1, -0.05) is 60.7 Å². The summed E-state index contributed by atoms with van der Waals surface area (Å²) in [4.78, 5) is 20.9. The van der Waals surface area contributed by atoms with Crippen molar-refractivity contribution >= 4 is 21.9 Å². The number of aromatic nitrogens is 3. The maximum Gasteiger partial charge on any atom is 0.275 e. The van der Waals surface area contributed by atoms with Crippen LogP contribution < -0.4 is 5.56 Å². The summed E-state index contributed by atoms with van der Waals surface area (Å²) in [7, 11) is 0. The number of benzene rings is 3. The van der Waals surface area contributed by atoms with Gasteiger partial charge in [-0.05, 0) is 30.2 Å². The number of para-hydroxylation sites is 3. The van der Waals surface area contributed by atoms with E-state index in [2.05, 4.69) is 27.8 Å². The minimum absolute atomic E-state index is 0.113. The fraction of sp³-hybridized carbons (Fsp3) is 0.154. The number of hydrogen-bond acceptors (Lipinski definition) is 3. The van der Waals surface area contributed by atoms with E-state index in [1.54, 1.807) is 0 Å². The van der Waals surface area contributed by atoms with Crippen molar-refractivity contribution in [3.8, 4) is 11.3 Å². The summed E-state index contributed by atoms with van der Waals surface area (Å²) in [6.07, 6.45) is 1.31. The summed E-state index contributed by atoms with van der Waals surface area (Å²) >= 11 is 0. The number of aliphatic hydroxyl groups is 1. The van der Waals surface area contributed by atoms with Crippen LogP contribution in [0.15, 0.2) is 83.7 Å². The first kappa shape index (κ1) is 19.3. The molecule has 5 rings (SSSR count). The Morgan fingerprint density at radius 2 is 1.65 bits per heavy atom. The monoisotopic (exact) mass is 409 g/mol. The molecular formula is C26H23N3O2. The zero-order chi connectivity index (χ0) is 21.2. The standard InChI is InChI=1S/C26H23N3O2/c30-16-8-15-29-22-14-7-4-11-19(22)24(23(29)17-18-9-2-1-3-10-18)25-26(31)28-21-13-6-5-12-20(21)27-25/h1-7,9-14,30H,8,15-17H2,(H,28,31). The molecule has 2 aromatic heterocycles. The molecule has 2 N–H and O–H groups in total. The molecule has 0 atom stereocenters. The highest BCUT2D eigenvalue weighted by Gasteiger charge is 2.22. The van der Waals surface area contributed by atoms with Crippen molar-refractivity contribution in [2.75, 3.05) is 6.61 Å². The molecule has 5 aromatic rings. The van der Waals surface area contributed by atoms with Crippen molar-refractivity contribution in [1.82, 2.24) is 14.5 Å². The molecule has 0 unspecified atom stereocenters. The Kier molecular flexibility index (Phi) is 5.10. The van der Waals surface area contributed by atoms with Crippen LogP contribution in [0, 0.1) is 0 Å². The van der Waals surface area contributed by atoms with Gasteiger partial charge in [-0.2, -0.15) is 0 Å². The van der Waals surface area contributed by atoms with Gasteiger partial charge in [0.25, 0.3) is 5.56 Å². The van der Waals surface area contributed by atoms with Gasteiger partial charge in [0, 0.05) is 41.7 Å². The number of aromatic amines is 1. The molecule has 0 aliphatic carbocycles. The normalized spacial score (nSPS) is 11.4. The predicted octanol–water partition coefficient (Wildman–Crippen LogP) is 4.52. The maximum absolute atomic E-state index is 13.1. The third-order valence-corrected chi connectivity index (χ3v) is 5.67. The molecule has 0 saturated heterocycles. The molecule has 0 bridgehead atoms. The topological polar surface area (TPSA) is 70.9 Å². The van der Waals surface area contributed by atoms with Crippen molar-refractivity contribution in [3.05, 3.63) is 100 Å². The molecule has 154 valence electrons. The number of hydrogen-bond donors (Lipinski definition) is 2. The van der Waals surface area contributed by atoms with Crippen LogP contribution in [0.5, 0.6) is 0 Å². The summed E-state index contributed by atoms with van der Waals surface area (Å²) < 4.78 is 2.23. The Labute approximate surface area is 179 Å². The number of rotatable bonds is 6. The second-order valence-corrected chi connectivity index (χ2v) is 7.66. The molecule has 5 nitrogen and oxygen atoms in total. The first-order valence-electron chi connectivity index (χ1n) is 10.5. The van der Waals surface area contributed by atoms with Gasteiger partial charge in [0.1, 0.15) is 5.69 Å². The van der Waals surface area contributed by atoms with Crippen LogP contribution in [-0.2, 0) is 13.0 Å². The lowest BCUT2D eigenvalue weighted by molar-refractivity contribution is 0.280. The largest absolute Gasteiger partial charge is 0.396 e. The van der Waals surface area contributed by atoms with E-state index in [9.17, 15) is 9.90 Å². The Balaban J connectivity index is 1.82. The minimum Gasteiger partial charge on any atom is -0.396 e. The van der Waals surface area contributed by atoms with Gasteiger partial charge in [-0.15, -0.1) is 0 Å². The Morgan fingerprint density at radius 1 is 0.903 bits per heavy atom. The molecule has 2 heterocycles. The third-order valence-electron chi connectivity index (χ3n) is 5.67. The number of nitrogens with one attached hydrogen (secondary N) is 1. The molecule has 0 saturated carbocycles. The molecular weight excluding hydrogens is 386 g/mol. The van der Waals surface area contributed by atoms with Gasteiger partial charge in [0.05, 0.1) is 11.0 Å². The van der Waals surface area contributed by atoms with Crippen molar-refractivity contribution in [3.63, 3.8) is 0 Å². The van der Waals surface area contributed by atoms with Crippen molar-refractivity contribution in [1.29, 1.82) is 0 Å². The summed E-state index contributed by atoms with van der Waals surface area (Å²) in [5, 5.41) is 10.5. The average Bonchev–Trinajstić information content (AvgIpc) is 3.10. The van der Waals surface area contributed by atoms with Crippen LogP contribution in [-0.4, -0.2) is 26.2 Å². The summed E-state index contributed by atoms with van der Waals surface area (Å²) in [6.45, 7) is 0.784. The number of nitrogens with zero attached hydrogens (tertiary/aromatic N) is 2. The van der Waals surface area contributed by atoms with Crippen LogP contribution in [0.3, 0.4) is 0 Å². The highest BCUT2D eigenvalue weighted by atomic mass is 16.3. The van der Waals surface area contributed by atoms with Gasteiger partial charge in [-0.3, -0.25) is 4.79 Å². The lowest BCUT2D eigenvalue weighted by Crippen LogP contribution is -2.13. The zero-order valence-corrected chi connectivity index (χ0v) is 17.1. The number of aliphatic hydroxyl groups excluding tert-OH is 1. The predicted molar refractivity (Wildman–Crippen MR) is 124 cm³/mol. The maximum atomic E-state index is 13.1. The minimum atomic E-state index is -0.196. The lowest BCUT2D eigenvalue weighted by atomic mass is 10.0. The van der Waals surface area contributed by atoms with E-state index >= 15 is 0 Å². The second-order valence-electron chi connectivity index (χ2n) is 7.66. The first-order valence-corrected chi connectivity index (χ1v) is 10.5. The van der Waals surface area contributed by atoms with Gasteiger partial charge in [0.15, 0.2) is 0 Å². The quantitative estimate of drug-likeness (QED) is 0.433. The fourth-order valence-corrected chi connectivity index (χ4v) is 4.28. The molecule has 0 radical (unpaired) electrons. The molecule has 31 heavy (non-hydrogen) atoms. The van der Waals surface area contributed by atoms with Crippen molar-refractivity contribution < 1.29 is 5.11 Å². The zero-order valence-electron chi connectivity index (χ0n) is 17.1. The summed E-state index contributed by atoms with van der Waals surface area (Å²) in [6, 6.07) is 25.9. The first-order chi connectivity index (χ1) is 15.3. The lowest BCUT2D eigenvalue weighted by Gasteiger charge is -2.12. The molecule has 0 fully saturated rings. The number of aryl methyl sites for hydroxylation is 1. The highest BCUT2D eigenvalue weighted by molar-refractivity contribution is 5.98. The Hall–Kier alpha value is -3.70. The van der Waals surface area contributed by atoms with Gasteiger partial charge < -0.3 is 14.7 Å². The van der Waals surface area contributed by atoms with Crippen LogP contribution in [0.4, 0.5) is 0 Å². The van der Waals surface area contributed by atoms with Crippen LogP contribution in [0.25, 0.3) is 33.2 Å². The van der Waals surface area contributed by atoms with E-state index in [-0.39, 0.29) is 12.2 Å². The molecule has 3 aromatic carbocycles. The van der Waals surface area contributed by atoms with Crippen LogP contribution in [0.2, 0.25) is 0 Å².